The molecule has 3 heterocycles. The molecular weight excluding hydrogens is 256 g/mol. The number of nitrogens with zero attached hydrogens (tertiary/aromatic N) is 1. The van der Waals surface area contributed by atoms with Crippen LogP contribution < -0.4 is 10.5 Å². The van der Waals surface area contributed by atoms with Crippen LogP contribution in [0, 0.1) is 0 Å². The van der Waals surface area contributed by atoms with E-state index >= 15 is 0 Å². The summed E-state index contributed by atoms with van der Waals surface area (Å²) in [6, 6.07) is 8.34. The van der Waals surface area contributed by atoms with Crippen molar-refractivity contribution in [3.63, 3.8) is 0 Å². The minimum atomic E-state index is -0.369. The molecular formula is C15H14N2O3. The number of ether oxygens (including phenoxy) is 2. The number of rotatable bonds is 1. The maximum Gasteiger partial charge on any atom is 0.282 e. The standard InChI is InChI=1S/C15H14N2O3/c16-14-17-15(9-20-14)6-12-5-10(11-3-4-18-7-11)1-2-13(12)19-8-15/h1-5,7H,6,8-9H2,(H2,16,17). The Kier molecular flexibility index (Phi) is 2.30. The van der Waals surface area contributed by atoms with Crippen LogP contribution in [0.15, 0.2) is 46.2 Å². The van der Waals surface area contributed by atoms with Gasteiger partial charge in [-0.3, -0.25) is 0 Å². The first-order chi connectivity index (χ1) is 9.74. The third-order valence-electron chi connectivity index (χ3n) is 3.77. The molecule has 4 rings (SSSR count). The van der Waals surface area contributed by atoms with Crippen LogP contribution in [0.5, 0.6) is 5.75 Å². The summed E-state index contributed by atoms with van der Waals surface area (Å²) in [5.41, 5.74) is 8.54. The third kappa shape index (κ3) is 1.74. The van der Waals surface area contributed by atoms with Crippen LogP contribution in [0.1, 0.15) is 5.56 Å². The summed E-state index contributed by atoms with van der Waals surface area (Å²) in [6.07, 6.45) is 4.17. The molecule has 5 nitrogen and oxygen atoms in total. The van der Waals surface area contributed by atoms with Crippen molar-refractivity contribution in [2.45, 2.75) is 12.0 Å². The van der Waals surface area contributed by atoms with Gasteiger partial charge in [0.25, 0.3) is 6.02 Å². The van der Waals surface area contributed by atoms with Crippen molar-refractivity contribution in [1.29, 1.82) is 0 Å². The highest BCUT2D eigenvalue weighted by Crippen LogP contribution is 2.36. The van der Waals surface area contributed by atoms with Crippen LogP contribution in [-0.4, -0.2) is 24.8 Å². The van der Waals surface area contributed by atoms with Crippen LogP contribution in [0.25, 0.3) is 11.1 Å². The van der Waals surface area contributed by atoms with E-state index in [1.165, 1.54) is 0 Å². The minimum Gasteiger partial charge on any atom is -0.491 e. The zero-order valence-electron chi connectivity index (χ0n) is 10.8. The molecule has 2 aliphatic rings. The Morgan fingerprint density at radius 3 is 2.75 bits per heavy atom. The molecule has 1 atom stereocenters. The van der Waals surface area contributed by atoms with Gasteiger partial charge in [0.2, 0.25) is 0 Å². The monoisotopic (exact) mass is 270 g/mol. The predicted molar refractivity (Wildman–Crippen MR) is 73.6 cm³/mol. The number of amidine groups is 1. The molecule has 2 N–H and O–H groups in total. The molecule has 0 radical (unpaired) electrons. The Morgan fingerprint density at radius 2 is 2.00 bits per heavy atom. The van der Waals surface area contributed by atoms with Crippen molar-refractivity contribution in [2.75, 3.05) is 13.2 Å². The van der Waals surface area contributed by atoms with E-state index in [0.29, 0.717) is 13.2 Å². The number of aliphatic imine (C=N–C) groups is 1. The molecule has 2 aliphatic heterocycles. The summed E-state index contributed by atoms with van der Waals surface area (Å²) < 4.78 is 16.2. The first kappa shape index (κ1) is 11.4. The van der Waals surface area contributed by atoms with Gasteiger partial charge in [-0.1, -0.05) is 6.07 Å². The highest BCUT2D eigenvalue weighted by atomic mass is 16.5. The molecule has 0 saturated heterocycles. The third-order valence-corrected chi connectivity index (χ3v) is 3.77. The topological polar surface area (TPSA) is 70.0 Å². The number of furan rings is 1. The summed E-state index contributed by atoms with van der Waals surface area (Å²) in [4.78, 5) is 4.40. The van der Waals surface area contributed by atoms with Crippen molar-refractivity contribution < 1.29 is 13.9 Å². The van der Waals surface area contributed by atoms with Crippen molar-refractivity contribution in [3.05, 3.63) is 42.4 Å². The fourth-order valence-corrected chi connectivity index (χ4v) is 2.76. The van der Waals surface area contributed by atoms with Crippen LogP contribution in [-0.2, 0) is 11.2 Å². The zero-order chi connectivity index (χ0) is 13.6. The lowest BCUT2D eigenvalue weighted by Crippen LogP contribution is -2.41. The number of hydrogen-bond acceptors (Lipinski definition) is 5. The number of fused-ring (bicyclic) bond motifs is 1. The number of benzene rings is 1. The lowest BCUT2D eigenvalue weighted by molar-refractivity contribution is 0.153. The molecule has 1 aromatic heterocycles. The average molecular weight is 270 g/mol. The van der Waals surface area contributed by atoms with Gasteiger partial charge in [-0.2, -0.15) is 0 Å². The fraction of sp³-hybridized carbons (Fsp3) is 0.267. The summed E-state index contributed by atoms with van der Waals surface area (Å²) in [7, 11) is 0. The molecule has 20 heavy (non-hydrogen) atoms. The highest BCUT2D eigenvalue weighted by Gasteiger charge is 2.41. The fourth-order valence-electron chi connectivity index (χ4n) is 2.76. The SMILES string of the molecule is NC1=NC2(CO1)COc1ccc(-c3ccoc3)cc1C2. The molecule has 0 aliphatic carbocycles. The minimum absolute atomic E-state index is 0.253. The second-order valence-electron chi connectivity index (χ2n) is 5.26. The highest BCUT2D eigenvalue weighted by molar-refractivity contribution is 5.74. The molecule has 102 valence electrons. The maximum atomic E-state index is 5.82. The predicted octanol–water partition coefficient (Wildman–Crippen LogP) is 1.97. The van der Waals surface area contributed by atoms with Gasteiger partial charge in [-0.25, -0.2) is 4.99 Å². The van der Waals surface area contributed by atoms with Crippen LogP contribution in [0.4, 0.5) is 0 Å². The lowest BCUT2D eigenvalue weighted by Gasteiger charge is -2.30. The van der Waals surface area contributed by atoms with Gasteiger partial charge >= 0.3 is 0 Å². The molecule has 0 fully saturated rings. The van der Waals surface area contributed by atoms with E-state index in [-0.39, 0.29) is 11.6 Å². The quantitative estimate of drug-likeness (QED) is 0.860. The van der Waals surface area contributed by atoms with Gasteiger partial charge in [-0.15, -0.1) is 0 Å². The van der Waals surface area contributed by atoms with Crippen molar-refractivity contribution in [2.24, 2.45) is 10.7 Å². The Labute approximate surface area is 116 Å². The zero-order valence-corrected chi connectivity index (χ0v) is 10.8. The maximum absolute atomic E-state index is 5.82. The normalized spacial score (nSPS) is 23.9. The van der Waals surface area contributed by atoms with E-state index in [0.717, 1.165) is 28.9 Å². The summed E-state index contributed by atoms with van der Waals surface area (Å²) >= 11 is 0. The Balaban J connectivity index is 1.71. The smallest absolute Gasteiger partial charge is 0.282 e. The molecule has 1 unspecified atom stereocenters. The van der Waals surface area contributed by atoms with Gasteiger partial charge in [0.1, 0.15) is 24.5 Å². The van der Waals surface area contributed by atoms with E-state index in [2.05, 4.69) is 11.1 Å². The summed E-state index contributed by atoms with van der Waals surface area (Å²) in [5.74, 6) is 0.906. The van der Waals surface area contributed by atoms with E-state index < -0.39 is 0 Å². The Bertz CT molecular complexity index is 678. The van der Waals surface area contributed by atoms with Gasteiger partial charge < -0.3 is 19.6 Å². The van der Waals surface area contributed by atoms with E-state index in [1.54, 1.807) is 12.5 Å². The van der Waals surface area contributed by atoms with Crippen molar-refractivity contribution >= 4 is 6.02 Å². The molecule has 1 aromatic carbocycles. The largest absolute Gasteiger partial charge is 0.491 e. The van der Waals surface area contributed by atoms with Crippen LogP contribution in [0.3, 0.4) is 0 Å². The van der Waals surface area contributed by atoms with Crippen LogP contribution in [0.2, 0.25) is 0 Å². The molecule has 2 aromatic rings. The van der Waals surface area contributed by atoms with Gasteiger partial charge in [0.15, 0.2) is 0 Å². The summed E-state index contributed by atoms with van der Waals surface area (Å²) in [6.45, 7) is 0.986. The van der Waals surface area contributed by atoms with E-state index in [9.17, 15) is 0 Å². The van der Waals surface area contributed by atoms with Crippen molar-refractivity contribution in [3.8, 4) is 16.9 Å². The van der Waals surface area contributed by atoms with E-state index in [4.69, 9.17) is 19.6 Å². The Morgan fingerprint density at radius 1 is 1.10 bits per heavy atom. The average Bonchev–Trinajstić information content (AvgIpc) is 3.09. The van der Waals surface area contributed by atoms with E-state index in [1.807, 2.05) is 18.2 Å². The first-order valence-electron chi connectivity index (χ1n) is 6.51. The van der Waals surface area contributed by atoms with Gasteiger partial charge in [-0.05, 0) is 29.3 Å². The molecule has 5 heteroatoms. The van der Waals surface area contributed by atoms with Crippen LogP contribution >= 0.6 is 0 Å². The van der Waals surface area contributed by atoms with Crippen molar-refractivity contribution in [1.82, 2.24) is 0 Å². The molecule has 0 amide bonds. The lowest BCUT2D eigenvalue weighted by atomic mass is 9.89. The number of nitrogens with two attached hydrogens (primary N) is 1. The second kappa shape index (κ2) is 4.03. The van der Waals surface area contributed by atoms with Gasteiger partial charge in [0.05, 0.1) is 12.5 Å². The molecule has 0 saturated carbocycles. The second-order valence-corrected chi connectivity index (χ2v) is 5.26. The first-order valence-corrected chi connectivity index (χ1v) is 6.51. The molecule has 0 bridgehead atoms. The summed E-state index contributed by atoms with van der Waals surface area (Å²) in [5, 5.41) is 0. The molecule has 1 spiro atoms. The Hall–Kier alpha value is -2.43. The van der Waals surface area contributed by atoms with Gasteiger partial charge in [0, 0.05) is 12.0 Å². The number of hydrogen-bond donors (Lipinski definition) is 1.